The number of nitrogens with one attached hydrogen (secondary N) is 1. The lowest BCUT2D eigenvalue weighted by Crippen LogP contribution is -2.56. The van der Waals surface area contributed by atoms with Crippen molar-refractivity contribution in [3.8, 4) is 0 Å². The maximum Gasteiger partial charge on any atom is 0.326 e. The fourth-order valence-electron chi connectivity index (χ4n) is 4.38. The summed E-state index contributed by atoms with van der Waals surface area (Å²) in [5, 5.41) is 3.37. The van der Waals surface area contributed by atoms with Crippen molar-refractivity contribution in [2.45, 2.75) is 18.0 Å². The Hall–Kier alpha value is -2.06. The molecule has 2 aliphatic rings. The Morgan fingerprint density at radius 1 is 1.25 bits per heavy atom. The van der Waals surface area contributed by atoms with Gasteiger partial charge in [0.2, 0.25) is 11.8 Å². The lowest BCUT2D eigenvalue weighted by atomic mass is 9.78. The van der Waals surface area contributed by atoms with E-state index in [0.29, 0.717) is 12.2 Å². The number of carbonyl (C=O) groups excluding carboxylic acids is 3. The highest BCUT2D eigenvalue weighted by Crippen LogP contribution is 2.50. The summed E-state index contributed by atoms with van der Waals surface area (Å²) in [7, 11) is 6.73. The molecule has 8 heteroatoms. The van der Waals surface area contributed by atoms with Crippen molar-refractivity contribution >= 4 is 35.2 Å². The quantitative estimate of drug-likeness (QED) is 0.564. The minimum Gasteiger partial charge on any atom is -0.468 e. The van der Waals surface area contributed by atoms with Crippen LogP contribution in [0.5, 0.6) is 0 Å². The van der Waals surface area contributed by atoms with Crippen LogP contribution in [0.1, 0.15) is 18.0 Å². The minimum absolute atomic E-state index is 0.251. The molecule has 2 heterocycles. The molecule has 7 nitrogen and oxygen atoms in total. The molecule has 152 valence electrons. The molecular formula is C20H27N3O4S. The number of rotatable bonds is 6. The van der Waals surface area contributed by atoms with Crippen LogP contribution in [-0.2, 0) is 19.1 Å². The molecule has 4 atom stereocenters. The Bertz CT molecular complexity index is 782. The molecule has 0 spiro atoms. The van der Waals surface area contributed by atoms with E-state index in [1.54, 1.807) is 11.8 Å². The van der Waals surface area contributed by atoms with Gasteiger partial charge in [-0.1, -0.05) is 12.1 Å². The number of thioether (sulfide) groups is 1. The lowest BCUT2D eigenvalue weighted by Gasteiger charge is -2.32. The van der Waals surface area contributed by atoms with Crippen LogP contribution in [0.4, 0.5) is 5.69 Å². The standard InChI is InChI=1S/C20H27N3O4S/c1-22(2)13-8-6-12(7-9-13)16-14-15(18(25)23(3)17(14)24)20(21-16,10-11-28-5)19(26)27-4/h6-9,14-16,21H,10-11H2,1-5H3/t14-,15+,16+,20-/m1/s1. The third kappa shape index (κ3) is 3.08. The second kappa shape index (κ2) is 7.75. The number of likely N-dealkylation sites (tertiary alicyclic amines) is 1. The molecule has 1 N–H and O–H groups in total. The summed E-state index contributed by atoms with van der Waals surface area (Å²) in [5.41, 5.74) is 0.711. The van der Waals surface area contributed by atoms with Gasteiger partial charge in [-0.25, -0.2) is 0 Å². The highest BCUT2D eigenvalue weighted by atomic mass is 32.2. The molecule has 2 saturated heterocycles. The van der Waals surface area contributed by atoms with Crippen LogP contribution < -0.4 is 10.2 Å². The summed E-state index contributed by atoms with van der Waals surface area (Å²) in [4.78, 5) is 41.9. The summed E-state index contributed by atoms with van der Waals surface area (Å²) in [6.45, 7) is 0. The average Bonchev–Trinajstić information content (AvgIpc) is 3.16. The number of benzene rings is 1. The Morgan fingerprint density at radius 3 is 2.43 bits per heavy atom. The summed E-state index contributed by atoms with van der Waals surface area (Å²) >= 11 is 1.59. The van der Waals surface area contributed by atoms with E-state index in [4.69, 9.17) is 4.74 Å². The van der Waals surface area contributed by atoms with Gasteiger partial charge in [-0.15, -0.1) is 0 Å². The molecule has 0 radical (unpaired) electrons. The fraction of sp³-hybridized carbons (Fsp3) is 0.550. The van der Waals surface area contributed by atoms with Crippen LogP contribution in [0.2, 0.25) is 0 Å². The number of hydrogen-bond acceptors (Lipinski definition) is 7. The number of fused-ring (bicyclic) bond motifs is 1. The Labute approximate surface area is 169 Å². The van der Waals surface area contributed by atoms with E-state index in [1.165, 1.54) is 14.2 Å². The van der Waals surface area contributed by atoms with Crippen molar-refractivity contribution < 1.29 is 19.1 Å². The zero-order chi connectivity index (χ0) is 20.6. The van der Waals surface area contributed by atoms with Crippen molar-refractivity contribution in [1.29, 1.82) is 0 Å². The van der Waals surface area contributed by atoms with Crippen molar-refractivity contribution in [3.05, 3.63) is 29.8 Å². The number of imide groups is 1. The largest absolute Gasteiger partial charge is 0.468 e. The van der Waals surface area contributed by atoms with Crippen LogP contribution >= 0.6 is 11.8 Å². The van der Waals surface area contributed by atoms with Gasteiger partial charge in [-0.05, 0) is 36.1 Å². The molecule has 3 rings (SSSR count). The van der Waals surface area contributed by atoms with Crippen molar-refractivity contribution in [1.82, 2.24) is 10.2 Å². The molecule has 0 bridgehead atoms. The van der Waals surface area contributed by atoms with E-state index in [9.17, 15) is 14.4 Å². The summed E-state index contributed by atoms with van der Waals surface area (Å²) in [6, 6.07) is 7.40. The Balaban J connectivity index is 2.08. The average molecular weight is 406 g/mol. The maximum atomic E-state index is 13.0. The van der Waals surface area contributed by atoms with Gasteiger partial charge in [0.15, 0.2) is 0 Å². The molecule has 2 amide bonds. The van der Waals surface area contributed by atoms with Gasteiger partial charge < -0.3 is 9.64 Å². The first-order valence-corrected chi connectivity index (χ1v) is 10.6. The first-order chi connectivity index (χ1) is 13.3. The number of nitrogens with zero attached hydrogens (tertiary/aromatic N) is 2. The first-order valence-electron chi connectivity index (χ1n) is 9.22. The van der Waals surface area contributed by atoms with Crippen LogP contribution in [0.25, 0.3) is 0 Å². The third-order valence-electron chi connectivity index (χ3n) is 5.89. The van der Waals surface area contributed by atoms with Gasteiger partial charge in [0.1, 0.15) is 5.54 Å². The van der Waals surface area contributed by atoms with E-state index < -0.39 is 29.4 Å². The Kier molecular flexibility index (Phi) is 5.72. The highest BCUT2D eigenvalue weighted by Gasteiger charge is 2.67. The second-order valence-corrected chi connectivity index (χ2v) is 8.54. The van der Waals surface area contributed by atoms with Crippen molar-refractivity contribution in [3.63, 3.8) is 0 Å². The summed E-state index contributed by atoms with van der Waals surface area (Å²) < 4.78 is 5.10. The highest BCUT2D eigenvalue weighted by molar-refractivity contribution is 7.98. The molecule has 1 aromatic rings. The molecule has 2 aliphatic heterocycles. The number of esters is 1. The first kappa shape index (κ1) is 20.7. The normalized spacial score (nSPS) is 29.2. The van der Waals surface area contributed by atoms with Gasteiger partial charge in [0.05, 0.1) is 18.9 Å². The smallest absolute Gasteiger partial charge is 0.326 e. The SMILES string of the molecule is COC(=O)[C@]1(CCSC)N[C@@H](c2ccc(N(C)C)cc2)[C@@H]2C(=O)N(C)C(=O)[C@H]21. The second-order valence-electron chi connectivity index (χ2n) is 7.55. The number of methoxy groups -OCH3 is 1. The summed E-state index contributed by atoms with van der Waals surface area (Å²) in [5.74, 6) is -1.77. The zero-order valence-corrected chi connectivity index (χ0v) is 17.7. The van der Waals surface area contributed by atoms with Gasteiger partial charge in [0, 0.05) is 32.9 Å². The van der Waals surface area contributed by atoms with E-state index in [1.807, 2.05) is 49.5 Å². The molecule has 28 heavy (non-hydrogen) atoms. The molecule has 0 unspecified atom stereocenters. The Morgan fingerprint density at radius 2 is 1.89 bits per heavy atom. The molecule has 2 fully saturated rings. The fourth-order valence-corrected chi connectivity index (χ4v) is 4.90. The van der Waals surface area contributed by atoms with Gasteiger partial charge >= 0.3 is 5.97 Å². The summed E-state index contributed by atoms with van der Waals surface area (Å²) in [6.07, 6.45) is 2.36. The predicted molar refractivity (Wildman–Crippen MR) is 109 cm³/mol. The topological polar surface area (TPSA) is 79.0 Å². The van der Waals surface area contributed by atoms with Crippen LogP contribution in [0.3, 0.4) is 0 Å². The van der Waals surface area contributed by atoms with Gasteiger partial charge in [0.25, 0.3) is 0 Å². The number of hydrogen-bond donors (Lipinski definition) is 1. The molecular weight excluding hydrogens is 378 g/mol. The minimum atomic E-state index is -1.20. The van der Waals surface area contributed by atoms with Crippen LogP contribution in [0.15, 0.2) is 24.3 Å². The third-order valence-corrected chi connectivity index (χ3v) is 6.51. The number of carbonyl (C=O) groups is 3. The molecule has 0 aromatic heterocycles. The number of ether oxygens (including phenoxy) is 1. The number of amides is 2. The van der Waals surface area contributed by atoms with Gasteiger partial charge in [-0.3, -0.25) is 24.6 Å². The maximum absolute atomic E-state index is 13.0. The van der Waals surface area contributed by atoms with Crippen molar-refractivity contribution in [2.24, 2.45) is 11.8 Å². The van der Waals surface area contributed by atoms with Crippen LogP contribution in [0, 0.1) is 11.8 Å². The van der Waals surface area contributed by atoms with E-state index in [2.05, 4.69) is 5.32 Å². The molecule has 0 aliphatic carbocycles. The van der Waals surface area contributed by atoms with Crippen LogP contribution in [-0.4, -0.2) is 68.5 Å². The van der Waals surface area contributed by atoms with Crippen molar-refractivity contribution in [2.75, 3.05) is 45.2 Å². The number of anilines is 1. The predicted octanol–water partition coefficient (Wildman–Crippen LogP) is 1.29. The molecule has 1 aromatic carbocycles. The van der Waals surface area contributed by atoms with E-state index in [0.717, 1.165) is 16.2 Å². The van der Waals surface area contributed by atoms with E-state index in [-0.39, 0.29) is 11.8 Å². The van der Waals surface area contributed by atoms with E-state index >= 15 is 0 Å². The lowest BCUT2D eigenvalue weighted by molar-refractivity contribution is -0.154. The monoisotopic (exact) mass is 405 g/mol. The molecule has 0 saturated carbocycles. The van der Waals surface area contributed by atoms with Gasteiger partial charge in [-0.2, -0.15) is 11.8 Å². The zero-order valence-electron chi connectivity index (χ0n) is 16.9.